The molecule has 0 saturated carbocycles. The molecule has 2 rings (SSSR count). The smallest absolute Gasteiger partial charge is 0.251 e. The van der Waals surface area contributed by atoms with Crippen LogP contribution in [-0.2, 0) is 6.54 Å². The Morgan fingerprint density at radius 2 is 2.25 bits per heavy atom. The molecule has 20 heavy (non-hydrogen) atoms. The zero-order chi connectivity index (χ0) is 14.7. The predicted molar refractivity (Wildman–Crippen MR) is 83.2 cm³/mol. The fourth-order valence-corrected chi connectivity index (χ4v) is 2.60. The molecule has 0 aliphatic rings. The second-order valence-corrected chi connectivity index (χ2v) is 5.63. The fourth-order valence-electron chi connectivity index (χ4n) is 2.00. The number of carbonyl (C=O) groups is 1. The highest BCUT2D eigenvalue weighted by molar-refractivity contribution is 7.09. The maximum atomic E-state index is 11.6. The molecule has 1 amide bonds. The topological polar surface area (TPSA) is 71.2 Å². The van der Waals surface area contributed by atoms with Crippen molar-refractivity contribution in [3.8, 4) is 0 Å². The Labute approximate surface area is 122 Å². The lowest BCUT2D eigenvalue weighted by molar-refractivity contribution is 0.0963. The van der Waals surface area contributed by atoms with Crippen LogP contribution in [0.1, 0.15) is 21.1 Å². The van der Waals surface area contributed by atoms with Crippen LogP contribution in [0.25, 0.3) is 0 Å². The van der Waals surface area contributed by atoms with Gasteiger partial charge in [-0.05, 0) is 25.1 Å². The summed E-state index contributed by atoms with van der Waals surface area (Å²) in [5.41, 5.74) is 9.09. The molecule has 0 fully saturated rings. The number of nitrogens with one attached hydrogen (secondary N) is 1. The van der Waals surface area contributed by atoms with Gasteiger partial charge in [0.2, 0.25) is 0 Å². The van der Waals surface area contributed by atoms with Gasteiger partial charge in [0.25, 0.3) is 5.91 Å². The Morgan fingerprint density at radius 3 is 2.80 bits per heavy atom. The molecule has 2 aromatic rings. The molecule has 106 valence electrons. The van der Waals surface area contributed by atoms with Crippen molar-refractivity contribution in [1.82, 2.24) is 10.3 Å². The molecule has 0 aliphatic carbocycles. The van der Waals surface area contributed by atoms with Gasteiger partial charge in [-0.2, -0.15) is 0 Å². The zero-order valence-corrected chi connectivity index (χ0v) is 12.6. The van der Waals surface area contributed by atoms with Gasteiger partial charge in [-0.15, -0.1) is 11.3 Å². The molecule has 0 unspecified atom stereocenters. The first-order chi connectivity index (χ1) is 9.51. The number of aryl methyl sites for hydroxylation is 1. The average Bonchev–Trinajstić information content (AvgIpc) is 2.82. The van der Waals surface area contributed by atoms with E-state index in [0.717, 1.165) is 16.4 Å². The summed E-state index contributed by atoms with van der Waals surface area (Å²) in [7, 11) is 3.56. The van der Waals surface area contributed by atoms with Gasteiger partial charge in [-0.25, -0.2) is 4.98 Å². The number of nitrogen functional groups attached to an aromatic ring is 1. The second kappa shape index (κ2) is 5.92. The molecule has 0 bridgehead atoms. The highest BCUT2D eigenvalue weighted by atomic mass is 32.1. The van der Waals surface area contributed by atoms with E-state index in [2.05, 4.69) is 10.3 Å². The lowest BCUT2D eigenvalue weighted by atomic mass is 10.1. The lowest BCUT2D eigenvalue weighted by Crippen LogP contribution is -2.20. The fraction of sp³-hybridized carbons (Fsp3) is 0.286. The van der Waals surface area contributed by atoms with Crippen LogP contribution in [0, 0.1) is 6.92 Å². The highest BCUT2D eigenvalue weighted by Gasteiger charge is 2.11. The first kappa shape index (κ1) is 14.3. The molecule has 0 spiro atoms. The van der Waals surface area contributed by atoms with E-state index in [1.165, 1.54) is 0 Å². The van der Waals surface area contributed by atoms with E-state index in [0.29, 0.717) is 17.8 Å². The molecule has 1 aromatic heterocycles. The van der Waals surface area contributed by atoms with Crippen LogP contribution < -0.4 is 16.0 Å². The molecular formula is C14H18N4OS. The minimum absolute atomic E-state index is 0.138. The number of nitrogens with zero attached hydrogens (tertiary/aromatic N) is 2. The van der Waals surface area contributed by atoms with Crippen molar-refractivity contribution < 1.29 is 4.79 Å². The number of anilines is 2. The third-order valence-corrected chi connectivity index (χ3v) is 3.82. The minimum atomic E-state index is -0.138. The summed E-state index contributed by atoms with van der Waals surface area (Å²) in [5, 5.41) is 5.68. The first-order valence-electron chi connectivity index (χ1n) is 6.25. The van der Waals surface area contributed by atoms with E-state index < -0.39 is 0 Å². The van der Waals surface area contributed by atoms with Crippen molar-refractivity contribution in [3.05, 3.63) is 39.8 Å². The molecule has 3 N–H and O–H groups in total. The van der Waals surface area contributed by atoms with E-state index in [1.54, 1.807) is 30.5 Å². The SMILES string of the molecule is CNC(=O)c1ccc(N(C)Cc2csc(C)n2)c(N)c1. The van der Waals surface area contributed by atoms with Crippen molar-refractivity contribution in [2.45, 2.75) is 13.5 Å². The van der Waals surface area contributed by atoms with E-state index in [-0.39, 0.29) is 5.91 Å². The van der Waals surface area contributed by atoms with Gasteiger partial charge in [0.15, 0.2) is 0 Å². The molecule has 6 heteroatoms. The van der Waals surface area contributed by atoms with Gasteiger partial charge in [-0.1, -0.05) is 0 Å². The number of benzene rings is 1. The summed E-state index contributed by atoms with van der Waals surface area (Å²) < 4.78 is 0. The Hall–Kier alpha value is -2.08. The molecule has 0 atom stereocenters. The number of nitrogens with two attached hydrogens (primary N) is 1. The standard InChI is InChI=1S/C14H18N4OS/c1-9-17-11(8-20-9)7-18(3)13-5-4-10(6-12(13)15)14(19)16-2/h4-6,8H,7,15H2,1-3H3,(H,16,19). The summed E-state index contributed by atoms with van der Waals surface area (Å²) in [6.07, 6.45) is 0. The van der Waals surface area contributed by atoms with Crippen LogP contribution in [0.5, 0.6) is 0 Å². The van der Waals surface area contributed by atoms with Gasteiger partial charge in [0.05, 0.1) is 28.6 Å². The van der Waals surface area contributed by atoms with Crippen LogP contribution in [-0.4, -0.2) is 25.0 Å². The first-order valence-corrected chi connectivity index (χ1v) is 7.13. The van der Waals surface area contributed by atoms with Crippen LogP contribution in [0.2, 0.25) is 0 Å². The molecule has 5 nitrogen and oxygen atoms in total. The quantitative estimate of drug-likeness (QED) is 0.845. The maximum absolute atomic E-state index is 11.6. The molecule has 0 saturated heterocycles. The number of thiazole rings is 1. The summed E-state index contributed by atoms with van der Waals surface area (Å²) in [6, 6.07) is 5.32. The van der Waals surface area contributed by atoms with Gasteiger partial charge < -0.3 is 16.0 Å². The number of rotatable bonds is 4. The van der Waals surface area contributed by atoms with Crippen LogP contribution in [0.4, 0.5) is 11.4 Å². The Morgan fingerprint density at radius 1 is 1.50 bits per heavy atom. The molecule has 0 aliphatic heterocycles. The van der Waals surface area contributed by atoms with E-state index >= 15 is 0 Å². The van der Waals surface area contributed by atoms with Crippen molar-refractivity contribution >= 4 is 28.6 Å². The van der Waals surface area contributed by atoms with Gasteiger partial charge in [0, 0.05) is 25.0 Å². The Balaban J connectivity index is 2.17. The van der Waals surface area contributed by atoms with Gasteiger partial charge in [-0.3, -0.25) is 4.79 Å². The van der Waals surface area contributed by atoms with Crippen molar-refractivity contribution in [2.24, 2.45) is 0 Å². The zero-order valence-electron chi connectivity index (χ0n) is 11.8. The van der Waals surface area contributed by atoms with Crippen LogP contribution in [0.15, 0.2) is 23.6 Å². The normalized spacial score (nSPS) is 10.3. The number of carbonyl (C=O) groups excluding carboxylic acids is 1. The van der Waals surface area contributed by atoms with E-state index in [4.69, 9.17) is 5.73 Å². The van der Waals surface area contributed by atoms with Crippen molar-refractivity contribution in [1.29, 1.82) is 0 Å². The van der Waals surface area contributed by atoms with Crippen LogP contribution >= 0.6 is 11.3 Å². The Bertz CT molecular complexity index is 623. The third kappa shape index (κ3) is 3.08. The monoisotopic (exact) mass is 290 g/mol. The number of amides is 1. The Kier molecular flexibility index (Phi) is 4.24. The van der Waals surface area contributed by atoms with E-state index in [9.17, 15) is 4.79 Å². The number of aromatic nitrogens is 1. The van der Waals surface area contributed by atoms with Crippen molar-refractivity contribution in [2.75, 3.05) is 24.7 Å². The third-order valence-electron chi connectivity index (χ3n) is 2.99. The number of hydrogen-bond donors (Lipinski definition) is 2. The van der Waals surface area contributed by atoms with Gasteiger partial charge >= 0.3 is 0 Å². The highest BCUT2D eigenvalue weighted by Crippen LogP contribution is 2.25. The summed E-state index contributed by atoms with van der Waals surface area (Å²) >= 11 is 1.63. The lowest BCUT2D eigenvalue weighted by Gasteiger charge is -2.20. The minimum Gasteiger partial charge on any atom is -0.397 e. The molecular weight excluding hydrogens is 272 g/mol. The molecule has 1 aromatic carbocycles. The van der Waals surface area contributed by atoms with Crippen LogP contribution in [0.3, 0.4) is 0 Å². The van der Waals surface area contributed by atoms with Gasteiger partial charge in [0.1, 0.15) is 0 Å². The average molecular weight is 290 g/mol. The summed E-state index contributed by atoms with van der Waals surface area (Å²) in [5.74, 6) is -0.138. The predicted octanol–water partition coefficient (Wildman–Crippen LogP) is 2.03. The molecule has 0 radical (unpaired) electrons. The van der Waals surface area contributed by atoms with Crippen molar-refractivity contribution in [3.63, 3.8) is 0 Å². The molecule has 1 heterocycles. The summed E-state index contributed by atoms with van der Waals surface area (Å²) in [6.45, 7) is 2.68. The number of hydrogen-bond acceptors (Lipinski definition) is 5. The van der Waals surface area contributed by atoms with E-state index in [1.807, 2.05) is 30.3 Å². The summed E-state index contributed by atoms with van der Waals surface area (Å²) in [4.78, 5) is 18.0. The second-order valence-electron chi connectivity index (χ2n) is 4.57. The largest absolute Gasteiger partial charge is 0.397 e. The maximum Gasteiger partial charge on any atom is 0.251 e.